The monoisotopic (exact) mass is 683 g/mol. The topological polar surface area (TPSA) is 102 Å². The van der Waals surface area contributed by atoms with Crippen LogP contribution in [0, 0.1) is 0 Å². The van der Waals surface area contributed by atoms with Crippen molar-refractivity contribution >= 4 is 35.0 Å². The third kappa shape index (κ3) is 7.89. The summed E-state index contributed by atoms with van der Waals surface area (Å²) in [6.07, 6.45) is 4.37. The predicted octanol–water partition coefficient (Wildman–Crippen LogP) is 5.76. The molecule has 0 radical (unpaired) electrons. The summed E-state index contributed by atoms with van der Waals surface area (Å²) in [7, 11) is 2.10. The number of rotatable bonds is 9. The van der Waals surface area contributed by atoms with E-state index >= 15 is 0 Å². The van der Waals surface area contributed by atoms with Gasteiger partial charge in [-0.15, -0.1) is 0 Å². The fourth-order valence-corrected chi connectivity index (χ4v) is 7.82. The predicted molar refractivity (Wildman–Crippen MR) is 198 cm³/mol. The lowest BCUT2D eigenvalue weighted by atomic mass is 9.90. The molecule has 4 aromatic carbocycles. The lowest BCUT2D eigenvalue weighted by molar-refractivity contribution is -0.136. The van der Waals surface area contributed by atoms with Crippen molar-refractivity contribution in [3.63, 3.8) is 0 Å². The second-order valence-corrected chi connectivity index (χ2v) is 14.0. The Labute approximate surface area is 299 Å². The fraction of sp³-hybridized carbons (Fsp3) is 0.333. The molecule has 9 nitrogen and oxygen atoms in total. The van der Waals surface area contributed by atoms with E-state index in [9.17, 15) is 19.2 Å². The van der Waals surface area contributed by atoms with Crippen LogP contribution in [0.2, 0.25) is 0 Å². The van der Waals surface area contributed by atoms with E-state index in [1.54, 1.807) is 9.80 Å². The molecule has 0 aliphatic carbocycles. The molecule has 0 aromatic heterocycles. The Bertz CT molecular complexity index is 1880. The molecule has 0 saturated carbocycles. The highest BCUT2D eigenvalue weighted by atomic mass is 16.2. The van der Waals surface area contributed by atoms with E-state index in [1.807, 2.05) is 78.9 Å². The van der Waals surface area contributed by atoms with Gasteiger partial charge in [0.2, 0.25) is 23.6 Å². The molecule has 2 saturated heterocycles. The van der Waals surface area contributed by atoms with Crippen LogP contribution in [0.5, 0.6) is 0 Å². The quantitative estimate of drug-likeness (QED) is 0.234. The molecule has 3 aliphatic rings. The summed E-state index contributed by atoms with van der Waals surface area (Å²) in [6.45, 7) is 1.92. The largest absolute Gasteiger partial charge is 0.330 e. The lowest BCUT2D eigenvalue weighted by Gasteiger charge is -2.35. The minimum absolute atomic E-state index is 0.0150. The van der Waals surface area contributed by atoms with Crippen molar-refractivity contribution in [1.82, 2.24) is 14.7 Å². The highest BCUT2D eigenvalue weighted by Crippen LogP contribution is 2.34. The number of fused-ring (bicyclic) bond motifs is 1. The summed E-state index contributed by atoms with van der Waals surface area (Å²) < 4.78 is 0. The van der Waals surface area contributed by atoms with Gasteiger partial charge in [-0.2, -0.15) is 0 Å². The SMILES string of the molecule is CN1Cc2cc(NC(=O)[C@@H]3CCCN3C(=O)Cc3ccccc3)ccc2CC1c1ccc(NC(=O)[C@@H]2CCCN2C(=O)Cc2ccccc2)cc1. The van der Waals surface area contributed by atoms with Gasteiger partial charge < -0.3 is 20.4 Å². The van der Waals surface area contributed by atoms with Crippen molar-refractivity contribution < 1.29 is 19.2 Å². The van der Waals surface area contributed by atoms with Gasteiger partial charge in [0.15, 0.2) is 0 Å². The Morgan fingerprint density at radius 3 is 1.69 bits per heavy atom. The Morgan fingerprint density at radius 1 is 0.627 bits per heavy atom. The molecule has 7 rings (SSSR count). The zero-order valence-electron chi connectivity index (χ0n) is 29.1. The van der Waals surface area contributed by atoms with Gasteiger partial charge in [-0.3, -0.25) is 24.1 Å². The lowest BCUT2D eigenvalue weighted by Crippen LogP contribution is -2.43. The van der Waals surface area contributed by atoms with Gasteiger partial charge in [-0.25, -0.2) is 0 Å². The van der Waals surface area contributed by atoms with Crippen LogP contribution in [-0.2, 0) is 45.0 Å². The molecule has 0 spiro atoms. The van der Waals surface area contributed by atoms with Gasteiger partial charge in [0.25, 0.3) is 0 Å². The minimum Gasteiger partial charge on any atom is -0.330 e. The average Bonchev–Trinajstić information content (AvgIpc) is 3.84. The molecule has 1 unspecified atom stereocenters. The Hall–Kier alpha value is -5.28. The molecule has 0 bridgehead atoms. The van der Waals surface area contributed by atoms with Gasteiger partial charge in [-0.1, -0.05) is 78.9 Å². The second-order valence-electron chi connectivity index (χ2n) is 14.0. The molecular formula is C42H45N5O4. The molecule has 2 N–H and O–H groups in total. The van der Waals surface area contributed by atoms with Gasteiger partial charge in [0.1, 0.15) is 12.1 Å². The Balaban J connectivity index is 0.941. The molecule has 3 atom stereocenters. The molecule has 3 aliphatic heterocycles. The first kappa shape index (κ1) is 34.2. The number of nitrogens with one attached hydrogen (secondary N) is 2. The fourth-order valence-electron chi connectivity index (χ4n) is 7.82. The number of hydrogen-bond donors (Lipinski definition) is 2. The average molecular weight is 684 g/mol. The minimum atomic E-state index is -0.462. The van der Waals surface area contributed by atoms with Crippen LogP contribution in [0.15, 0.2) is 103 Å². The normalized spacial score (nSPS) is 20.1. The van der Waals surface area contributed by atoms with Crippen molar-refractivity contribution in [3.8, 4) is 0 Å². The van der Waals surface area contributed by atoms with Crippen LogP contribution in [0.25, 0.3) is 0 Å². The molecular weight excluding hydrogens is 638 g/mol. The van der Waals surface area contributed by atoms with Gasteiger partial charge >= 0.3 is 0 Å². The van der Waals surface area contributed by atoms with Crippen molar-refractivity contribution in [2.45, 2.75) is 69.6 Å². The van der Waals surface area contributed by atoms with Crippen molar-refractivity contribution in [3.05, 3.63) is 131 Å². The van der Waals surface area contributed by atoms with E-state index in [-0.39, 0.29) is 29.7 Å². The number of amides is 4. The zero-order valence-corrected chi connectivity index (χ0v) is 29.1. The summed E-state index contributed by atoms with van der Waals surface area (Å²) in [5.41, 5.74) is 6.92. The second kappa shape index (κ2) is 15.3. The molecule has 51 heavy (non-hydrogen) atoms. The van der Waals surface area contributed by atoms with E-state index in [0.717, 1.165) is 48.2 Å². The number of benzene rings is 4. The molecule has 3 heterocycles. The number of likely N-dealkylation sites (tertiary alicyclic amines) is 2. The maximum Gasteiger partial charge on any atom is 0.247 e. The first-order valence-corrected chi connectivity index (χ1v) is 18.0. The van der Waals surface area contributed by atoms with E-state index < -0.39 is 12.1 Å². The van der Waals surface area contributed by atoms with Gasteiger partial charge in [0, 0.05) is 37.1 Å². The van der Waals surface area contributed by atoms with Crippen LogP contribution in [0.3, 0.4) is 0 Å². The summed E-state index contributed by atoms with van der Waals surface area (Å²) in [6, 6.07) is 32.7. The number of hydrogen-bond acceptors (Lipinski definition) is 5. The van der Waals surface area contributed by atoms with Crippen molar-refractivity contribution in [2.75, 3.05) is 30.8 Å². The molecule has 2 fully saturated rings. The van der Waals surface area contributed by atoms with Gasteiger partial charge in [-0.05, 0) is 91.2 Å². The number of carbonyl (C=O) groups excluding carboxylic acids is 4. The summed E-state index contributed by atoms with van der Waals surface area (Å²) in [5.74, 6) is -0.315. The number of likely N-dealkylation sites (N-methyl/N-ethyl adjacent to an activating group) is 1. The zero-order chi connectivity index (χ0) is 35.3. The van der Waals surface area contributed by atoms with Crippen molar-refractivity contribution in [1.29, 1.82) is 0 Å². The smallest absolute Gasteiger partial charge is 0.247 e. The standard InChI is InChI=1S/C42H45N5O4/c1-45-28-33-26-35(44-42(51)37-15-9-23-47(37)40(49)25-30-12-6-3-7-13-30)21-18-32(33)27-38(45)31-16-19-34(20-17-31)43-41(50)36-14-8-22-46(36)39(48)24-29-10-4-2-5-11-29/h2-7,10-13,16-21,26,36-38H,8-9,14-15,22-25,27-28H2,1H3,(H,43,50)(H,44,51)/t36-,37-,38?/m0/s1. The molecule has 4 amide bonds. The first-order chi connectivity index (χ1) is 24.8. The third-order valence-electron chi connectivity index (χ3n) is 10.5. The van der Waals surface area contributed by atoms with Crippen LogP contribution >= 0.6 is 0 Å². The molecule has 4 aromatic rings. The highest BCUT2D eigenvalue weighted by molar-refractivity contribution is 5.98. The third-order valence-corrected chi connectivity index (χ3v) is 10.5. The highest BCUT2D eigenvalue weighted by Gasteiger charge is 2.35. The Kier molecular flexibility index (Phi) is 10.3. The summed E-state index contributed by atoms with van der Waals surface area (Å²) in [4.78, 5) is 58.5. The maximum absolute atomic E-state index is 13.4. The van der Waals surface area contributed by atoms with Crippen LogP contribution in [-0.4, -0.2) is 70.5 Å². The van der Waals surface area contributed by atoms with E-state index in [0.29, 0.717) is 44.5 Å². The Morgan fingerprint density at radius 2 is 1.14 bits per heavy atom. The summed E-state index contributed by atoms with van der Waals surface area (Å²) in [5, 5.41) is 6.14. The van der Waals surface area contributed by atoms with Gasteiger partial charge in [0.05, 0.1) is 12.8 Å². The number of nitrogens with zero attached hydrogens (tertiary/aromatic N) is 3. The maximum atomic E-state index is 13.4. The number of anilines is 2. The molecule has 262 valence electrons. The van der Waals surface area contributed by atoms with Crippen LogP contribution in [0.1, 0.15) is 59.5 Å². The van der Waals surface area contributed by atoms with E-state index in [4.69, 9.17) is 0 Å². The summed E-state index contributed by atoms with van der Waals surface area (Å²) >= 11 is 0. The number of carbonyl (C=O) groups is 4. The van der Waals surface area contributed by atoms with E-state index in [2.05, 4.69) is 46.8 Å². The van der Waals surface area contributed by atoms with Crippen molar-refractivity contribution in [2.24, 2.45) is 0 Å². The van der Waals surface area contributed by atoms with E-state index in [1.165, 1.54) is 11.1 Å². The first-order valence-electron chi connectivity index (χ1n) is 18.0. The molecule has 9 heteroatoms. The van der Waals surface area contributed by atoms with Crippen LogP contribution < -0.4 is 10.6 Å². The van der Waals surface area contributed by atoms with Crippen LogP contribution in [0.4, 0.5) is 11.4 Å².